The molecule has 1 aromatic rings. The third-order valence-electron chi connectivity index (χ3n) is 6.35. The molecule has 0 unspecified atom stereocenters. The first-order valence-corrected chi connectivity index (χ1v) is 11.0. The van der Waals surface area contributed by atoms with E-state index in [2.05, 4.69) is 46.8 Å². The quantitative estimate of drug-likeness (QED) is 0.375. The highest BCUT2D eigenvalue weighted by molar-refractivity contribution is 9.10. The topological polar surface area (TPSA) is 26.3 Å². The predicted octanol–water partition coefficient (Wildman–Crippen LogP) is 6.79. The number of halogens is 1. The smallest absolute Gasteiger partial charge is 0.306 e. The molecule has 142 valence electrons. The van der Waals surface area contributed by atoms with E-state index in [-0.39, 0.29) is 12.1 Å². The highest BCUT2D eigenvalue weighted by atomic mass is 79.9. The van der Waals surface area contributed by atoms with Crippen LogP contribution in [0.1, 0.15) is 75.7 Å². The van der Waals surface area contributed by atoms with Gasteiger partial charge in [0.15, 0.2) is 0 Å². The largest absolute Gasteiger partial charge is 0.462 e. The number of carbonyl (C=O) groups excluding carboxylic acids is 1. The molecule has 0 atom stereocenters. The molecule has 0 heterocycles. The van der Waals surface area contributed by atoms with Crippen molar-refractivity contribution in [2.45, 2.75) is 76.2 Å². The van der Waals surface area contributed by atoms with E-state index in [1.165, 1.54) is 44.1 Å². The van der Waals surface area contributed by atoms with Gasteiger partial charge in [0, 0.05) is 10.9 Å². The minimum Gasteiger partial charge on any atom is -0.462 e. The van der Waals surface area contributed by atoms with Crippen molar-refractivity contribution in [2.75, 3.05) is 0 Å². The number of hydrogen-bond acceptors (Lipinski definition) is 2. The third-order valence-corrected chi connectivity index (χ3v) is 6.88. The molecular weight excluding hydrogens is 388 g/mol. The fourth-order valence-corrected chi connectivity index (χ4v) is 5.07. The highest BCUT2D eigenvalue weighted by Crippen LogP contribution is 2.43. The van der Waals surface area contributed by atoms with Crippen molar-refractivity contribution in [1.29, 1.82) is 0 Å². The van der Waals surface area contributed by atoms with E-state index in [1.54, 1.807) is 6.08 Å². The van der Waals surface area contributed by atoms with Crippen LogP contribution in [-0.4, -0.2) is 12.1 Å². The van der Waals surface area contributed by atoms with Gasteiger partial charge in [0.25, 0.3) is 0 Å². The van der Waals surface area contributed by atoms with Crippen LogP contribution in [0.25, 0.3) is 0 Å². The fraction of sp³-hybridized carbons (Fsp3) is 0.609. The lowest BCUT2D eigenvalue weighted by Crippen LogP contribution is -2.29. The summed E-state index contributed by atoms with van der Waals surface area (Å²) in [6, 6.07) is 8.89. The zero-order valence-corrected chi connectivity index (χ0v) is 17.3. The summed E-state index contributed by atoms with van der Waals surface area (Å²) in [5, 5.41) is 0. The molecule has 0 N–H and O–H groups in total. The second-order valence-electron chi connectivity index (χ2n) is 8.02. The molecule has 0 bridgehead atoms. The summed E-state index contributed by atoms with van der Waals surface area (Å²) in [4.78, 5) is 11.8. The number of hydrogen-bond donors (Lipinski definition) is 0. The van der Waals surface area contributed by atoms with Gasteiger partial charge in [-0.3, -0.25) is 4.79 Å². The van der Waals surface area contributed by atoms with Gasteiger partial charge in [-0.25, -0.2) is 0 Å². The van der Waals surface area contributed by atoms with Crippen molar-refractivity contribution in [3.05, 3.63) is 47.0 Å². The van der Waals surface area contributed by atoms with Crippen LogP contribution in [0.5, 0.6) is 0 Å². The summed E-state index contributed by atoms with van der Waals surface area (Å²) in [6.45, 7) is 3.66. The van der Waals surface area contributed by atoms with Crippen LogP contribution in [0.2, 0.25) is 0 Å². The van der Waals surface area contributed by atoms with Gasteiger partial charge in [0.05, 0.1) is 0 Å². The second kappa shape index (κ2) is 9.73. The van der Waals surface area contributed by atoms with E-state index in [1.807, 2.05) is 0 Å². The molecule has 2 fully saturated rings. The molecule has 0 amide bonds. The van der Waals surface area contributed by atoms with Crippen LogP contribution in [0.3, 0.4) is 0 Å². The van der Waals surface area contributed by atoms with Gasteiger partial charge in [-0.15, -0.1) is 6.58 Å². The summed E-state index contributed by atoms with van der Waals surface area (Å²) >= 11 is 3.53. The van der Waals surface area contributed by atoms with Gasteiger partial charge in [-0.2, -0.15) is 0 Å². The minimum atomic E-state index is -0.0524. The van der Waals surface area contributed by atoms with Crippen molar-refractivity contribution in [3.63, 3.8) is 0 Å². The average Bonchev–Trinajstić information content (AvgIpc) is 2.68. The van der Waals surface area contributed by atoms with Gasteiger partial charge < -0.3 is 4.74 Å². The van der Waals surface area contributed by atoms with Gasteiger partial charge in [0.1, 0.15) is 6.10 Å². The Morgan fingerprint density at radius 3 is 2.15 bits per heavy atom. The molecule has 3 rings (SSSR count). The predicted molar refractivity (Wildman–Crippen MR) is 110 cm³/mol. The van der Waals surface area contributed by atoms with Crippen molar-refractivity contribution >= 4 is 21.9 Å². The third kappa shape index (κ3) is 5.45. The lowest BCUT2D eigenvalue weighted by Gasteiger charge is -2.37. The second-order valence-corrected chi connectivity index (χ2v) is 8.93. The molecule has 2 aliphatic rings. The molecule has 0 spiro atoms. The zero-order chi connectivity index (χ0) is 18.4. The van der Waals surface area contributed by atoms with Gasteiger partial charge in [-0.05, 0) is 93.2 Å². The molecule has 2 saturated carbocycles. The van der Waals surface area contributed by atoms with Gasteiger partial charge in [-0.1, -0.05) is 34.1 Å². The Hall–Kier alpha value is -1.09. The molecule has 2 nitrogen and oxygen atoms in total. The van der Waals surface area contributed by atoms with Crippen LogP contribution < -0.4 is 0 Å². The van der Waals surface area contributed by atoms with Crippen LogP contribution in [0, 0.1) is 11.8 Å². The number of carbonyl (C=O) groups is 1. The standard InChI is InChI=1S/C23H31BrO2/c1-2-3-4-23(25)26-22-15-11-20(12-16-22)18-7-5-17(6-8-18)19-9-13-21(24)14-10-19/h2,9-10,13-14,17-18,20,22H,1,3-8,11-12,15-16H2. The van der Waals surface area contributed by atoms with Crippen molar-refractivity contribution in [2.24, 2.45) is 11.8 Å². The molecule has 1 aromatic carbocycles. The Morgan fingerprint density at radius 1 is 1.00 bits per heavy atom. The maximum atomic E-state index is 11.8. The van der Waals surface area contributed by atoms with E-state index < -0.39 is 0 Å². The molecule has 26 heavy (non-hydrogen) atoms. The lowest BCUT2D eigenvalue weighted by atomic mass is 9.69. The molecule has 0 aliphatic heterocycles. The van der Waals surface area contributed by atoms with E-state index in [0.29, 0.717) is 6.42 Å². The summed E-state index contributed by atoms with van der Waals surface area (Å²) in [7, 11) is 0. The summed E-state index contributed by atoms with van der Waals surface area (Å²) in [6.07, 6.45) is 13.1. The highest BCUT2D eigenvalue weighted by Gasteiger charge is 2.32. The molecule has 2 aliphatic carbocycles. The fourth-order valence-electron chi connectivity index (χ4n) is 4.80. The lowest BCUT2D eigenvalue weighted by molar-refractivity contribution is -0.151. The monoisotopic (exact) mass is 418 g/mol. The zero-order valence-electron chi connectivity index (χ0n) is 15.7. The van der Waals surface area contributed by atoms with Gasteiger partial charge >= 0.3 is 5.97 Å². The Kier molecular flexibility index (Phi) is 7.36. The summed E-state index contributed by atoms with van der Waals surface area (Å²) in [5.74, 6) is 2.40. The number of rotatable bonds is 6. The van der Waals surface area contributed by atoms with Crippen molar-refractivity contribution in [1.82, 2.24) is 0 Å². The first-order valence-electron chi connectivity index (χ1n) is 10.2. The molecular formula is C23H31BrO2. The Labute approximate surface area is 166 Å². The first-order chi connectivity index (χ1) is 12.7. The Balaban J connectivity index is 1.40. The van der Waals surface area contributed by atoms with Crippen molar-refractivity contribution < 1.29 is 9.53 Å². The van der Waals surface area contributed by atoms with Crippen molar-refractivity contribution in [3.8, 4) is 0 Å². The van der Waals surface area contributed by atoms with E-state index in [0.717, 1.165) is 41.5 Å². The van der Waals surface area contributed by atoms with E-state index in [4.69, 9.17) is 4.74 Å². The molecule has 3 heteroatoms. The number of allylic oxidation sites excluding steroid dienone is 1. The maximum Gasteiger partial charge on any atom is 0.306 e. The maximum absolute atomic E-state index is 11.8. The van der Waals surface area contributed by atoms with E-state index in [9.17, 15) is 4.79 Å². The number of ether oxygens (including phenoxy) is 1. The summed E-state index contributed by atoms with van der Waals surface area (Å²) in [5.41, 5.74) is 1.50. The minimum absolute atomic E-state index is 0.0524. The van der Waals surface area contributed by atoms with Crippen LogP contribution in [0.4, 0.5) is 0 Å². The van der Waals surface area contributed by atoms with E-state index >= 15 is 0 Å². The SMILES string of the molecule is C=CCCC(=O)OC1CCC(C2CCC(c3ccc(Br)cc3)CC2)CC1. The first kappa shape index (κ1) is 19.7. The Morgan fingerprint density at radius 2 is 1.58 bits per heavy atom. The van der Waals surface area contributed by atoms with Crippen LogP contribution >= 0.6 is 15.9 Å². The summed E-state index contributed by atoms with van der Waals surface area (Å²) < 4.78 is 6.79. The van der Waals surface area contributed by atoms with Crippen LogP contribution in [-0.2, 0) is 9.53 Å². The normalized spacial score (nSPS) is 29.1. The molecule has 0 radical (unpaired) electrons. The van der Waals surface area contributed by atoms with Gasteiger partial charge in [0.2, 0.25) is 0 Å². The molecule has 0 saturated heterocycles. The average molecular weight is 419 g/mol. The molecule has 0 aromatic heterocycles. The number of esters is 1. The Bertz CT molecular complexity index is 579. The number of benzene rings is 1. The van der Waals surface area contributed by atoms with Crippen LogP contribution in [0.15, 0.2) is 41.4 Å².